The van der Waals surface area contributed by atoms with Crippen LogP contribution in [0.2, 0.25) is 0 Å². The molecule has 3 rings (SSSR count). The largest absolute Gasteiger partial charge is 0.495 e. The highest BCUT2D eigenvalue weighted by Crippen LogP contribution is 2.35. The fourth-order valence-corrected chi connectivity index (χ4v) is 4.33. The number of aromatic nitrogens is 2. The van der Waals surface area contributed by atoms with Gasteiger partial charge in [0.2, 0.25) is 5.91 Å². The molecular formula is C25H34F2N6O2. The molecule has 1 aromatic heterocycles. The molecule has 2 unspecified atom stereocenters. The van der Waals surface area contributed by atoms with Crippen molar-refractivity contribution in [2.24, 2.45) is 27.3 Å². The number of likely N-dealkylation sites (tertiary alicyclic amines) is 1. The van der Waals surface area contributed by atoms with E-state index < -0.39 is 24.9 Å². The highest BCUT2D eigenvalue weighted by Gasteiger charge is 2.36. The number of imidazole rings is 1. The van der Waals surface area contributed by atoms with Crippen LogP contribution in [0.1, 0.15) is 44.9 Å². The van der Waals surface area contributed by atoms with Gasteiger partial charge in [0.25, 0.3) is 6.43 Å². The maximum Gasteiger partial charge on any atom is 0.255 e. The van der Waals surface area contributed by atoms with Crippen molar-refractivity contribution in [3.63, 3.8) is 0 Å². The second kappa shape index (κ2) is 11.0. The molecule has 1 amide bonds. The Bertz CT molecular complexity index is 1090. The molecule has 190 valence electrons. The van der Waals surface area contributed by atoms with Crippen LogP contribution >= 0.6 is 0 Å². The zero-order chi connectivity index (χ0) is 25.8. The van der Waals surface area contributed by atoms with E-state index in [4.69, 9.17) is 10.6 Å². The third-order valence-corrected chi connectivity index (χ3v) is 6.42. The van der Waals surface area contributed by atoms with Crippen LogP contribution in [0.25, 0.3) is 5.69 Å². The van der Waals surface area contributed by atoms with Crippen molar-refractivity contribution < 1.29 is 18.3 Å². The zero-order valence-electron chi connectivity index (χ0n) is 20.9. The second-order valence-corrected chi connectivity index (χ2v) is 9.88. The third-order valence-electron chi connectivity index (χ3n) is 6.42. The summed E-state index contributed by atoms with van der Waals surface area (Å²) in [6.07, 6.45) is 3.55. The fourth-order valence-electron chi connectivity index (χ4n) is 4.33. The number of alkyl halides is 2. The molecule has 2 aromatic rings. The van der Waals surface area contributed by atoms with Gasteiger partial charge in [0, 0.05) is 18.3 Å². The van der Waals surface area contributed by atoms with Crippen molar-refractivity contribution >= 4 is 17.8 Å². The summed E-state index contributed by atoms with van der Waals surface area (Å²) < 4.78 is 33.6. The molecule has 1 fully saturated rings. The number of aliphatic imine (C=N–C) groups is 1. The Balaban J connectivity index is 1.89. The molecule has 0 radical (unpaired) electrons. The van der Waals surface area contributed by atoms with Crippen LogP contribution in [-0.4, -0.2) is 65.0 Å². The van der Waals surface area contributed by atoms with Crippen molar-refractivity contribution in [1.29, 1.82) is 0 Å². The lowest BCUT2D eigenvalue weighted by Crippen LogP contribution is -2.40. The standard InChI is InChI=1S/C25H34F2N6O2/c1-16-13-33(15-30-16)21-7-6-17(10-22(21)35-5)20(31-28)12-29-19-11-18(25(2,3)4)8-9-32(24(19)34)14-23(26)27/h6-7,10,12-13,15,18-19,23H,8-9,11,14,28H2,1-5H3. The number of nitrogens with zero attached hydrogens (tertiary/aromatic N) is 5. The number of carbonyl (C=O) groups excluding carboxylic acids is 1. The Morgan fingerprint density at radius 3 is 2.69 bits per heavy atom. The van der Waals surface area contributed by atoms with Gasteiger partial charge in [-0.2, -0.15) is 5.10 Å². The van der Waals surface area contributed by atoms with Crippen LogP contribution in [0.3, 0.4) is 0 Å². The number of halogens is 2. The molecule has 2 heterocycles. The normalized spacial score (nSPS) is 20.1. The highest BCUT2D eigenvalue weighted by molar-refractivity contribution is 6.38. The molecule has 1 saturated heterocycles. The van der Waals surface area contributed by atoms with Gasteiger partial charge in [-0.05, 0) is 43.2 Å². The van der Waals surface area contributed by atoms with E-state index in [1.165, 1.54) is 11.1 Å². The molecule has 2 N–H and O–H groups in total. The third kappa shape index (κ3) is 6.43. The van der Waals surface area contributed by atoms with E-state index in [-0.39, 0.29) is 11.3 Å². The number of hydrogen-bond donors (Lipinski definition) is 1. The summed E-state index contributed by atoms with van der Waals surface area (Å²) in [6, 6.07) is 4.66. The van der Waals surface area contributed by atoms with Gasteiger partial charge in [0.1, 0.15) is 17.5 Å². The lowest BCUT2D eigenvalue weighted by Gasteiger charge is -2.30. The highest BCUT2D eigenvalue weighted by atomic mass is 19.3. The Morgan fingerprint density at radius 1 is 1.37 bits per heavy atom. The van der Waals surface area contributed by atoms with Crippen LogP contribution in [0.4, 0.5) is 8.78 Å². The van der Waals surface area contributed by atoms with Gasteiger partial charge in [0.15, 0.2) is 0 Å². The number of methoxy groups -OCH3 is 1. The first kappa shape index (κ1) is 26.3. The summed E-state index contributed by atoms with van der Waals surface area (Å²) >= 11 is 0. The summed E-state index contributed by atoms with van der Waals surface area (Å²) in [5.41, 5.74) is 2.57. The molecule has 8 nitrogen and oxygen atoms in total. The molecule has 0 bridgehead atoms. The van der Waals surface area contributed by atoms with Gasteiger partial charge in [0.05, 0.1) is 37.6 Å². The smallest absolute Gasteiger partial charge is 0.255 e. The first-order valence-corrected chi connectivity index (χ1v) is 11.6. The summed E-state index contributed by atoms with van der Waals surface area (Å²) in [6.45, 7) is 7.87. The molecule has 0 aliphatic carbocycles. The minimum absolute atomic E-state index is 0.0887. The van der Waals surface area contributed by atoms with Crippen LogP contribution in [0.5, 0.6) is 5.75 Å². The van der Waals surface area contributed by atoms with Gasteiger partial charge in [-0.25, -0.2) is 13.8 Å². The Hall–Kier alpha value is -3.30. The average Bonchev–Trinajstić information content (AvgIpc) is 3.17. The van der Waals surface area contributed by atoms with E-state index in [1.807, 2.05) is 29.8 Å². The van der Waals surface area contributed by atoms with Gasteiger partial charge in [-0.1, -0.05) is 26.8 Å². The van der Waals surface area contributed by atoms with Crippen LogP contribution in [0.15, 0.2) is 40.8 Å². The molecule has 35 heavy (non-hydrogen) atoms. The summed E-state index contributed by atoms with van der Waals surface area (Å²) in [5.74, 6) is 6.00. The minimum Gasteiger partial charge on any atom is -0.495 e. The van der Waals surface area contributed by atoms with E-state index in [2.05, 4.69) is 35.8 Å². The molecule has 10 heteroatoms. The van der Waals surface area contributed by atoms with Crippen LogP contribution in [0, 0.1) is 18.3 Å². The molecule has 0 spiro atoms. The fraction of sp³-hybridized carbons (Fsp3) is 0.520. The summed E-state index contributed by atoms with van der Waals surface area (Å²) in [4.78, 5) is 23.0. The number of benzene rings is 1. The Labute approximate surface area is 204 Å². The number of carbonyl (C=O) groups is 1. The number of hydrogen-bond acceptors (Lipinski definition) is 6. The number of ether oxygens (including phenoxy) is 1. The summed E-state index contributed by atoms with van der Waals surface area (Å²) in [5, 5.41) is 3.86. The lowest BCUT2D eigenvalue weighted by molar-refractivity contribution is -0.133. The van der Waals surface area contributed by atoms with Gasteiger partial charge < -0.3 is 20.0 Å². The minimum atomic E-state index is -2.60. The lowest BCUT2D eigenvalue weighted by atomic mass is 9.76. The molecule has 1 aliphatic rings. The molecule has 1 aliphatic heterocycles. The monoisotopic (exact) mass is 488 g/mol. The quantitative estimate of drug-likeness (QED) is 0.364. The zero-order valence-corrected chi connectivity index (χ0v) is 20.9. The number of rotatable bonds is 7. The maximum absolute atomic E-state index is 13.1. The van der Waals surface area contributed by atoms with Crippen molar-refractivity contribution in [2.75, 3.05) is 20.2 Å². The number of amides is 1. The second-order valence-electron chi connectivity index (χ2n) is 9.88. The van der Waals surface area contributed by atoms with Crippen LogP contribution in [-0.2, 0) is 4.79 Å². The van der Waals surface area contributed by atoms with E-state index in [0.29, 0.717) is 36.4 Å². The summed E-state index contributed by atoms with van der Waals surface area (Å²) in [7, 11) is 1.56. The van der Waals surface area contributed by atoms with Crippen molar-refractivity contribution in [3.8, 4) is 11.4 Å². The van der Waals surface area contributed by atoms with Crippen molar-refractivity contribution in [1.82, 2.24) is 14.5 Å². The Morgan fingerprint density at radius 2 is 2.11 bits per heavy atom. The van der Waals surface area contributed by atoms with E-state index in [0.717, 1.165) is 11.4 Å². The number of hydrazone groups is 1. The first-order chi connectivity index (χ1) is 16.5. The first-order valence-electron chi connectivity index (χ1n) is 11.6. The van der Waals surface area contributed by atoms with E-state index in [9.17, 15) is 13.6 Å². The maximum atomic E-state index is 13.1. The molecule has 1 aromatic carbocycles. The molecular weight excluding hydrogens is 454 g/mol. The predicted octanol–water partition coefficient (Wildman–Crippen LogP) is 3.84. The number of aryl methyl sites for hydroxylation is 1. The Kier molecular flexibility index (Phi) is 8.24. The topological polar surface area (TPSA) is 98.1 Å². The van der Waals surface area contributed by atoms with Crippen LogP contribution < -0.4 is 10.6 Å². The van der Waals surface area contributed by atoms with E-state index >= 15 is 0 Å². The van der Waals surface area contributed by atoms with Crippen molar-refractivity contribution in [3.05, 3.63) is 42.0 Å². The van der Waals surface area contributed by atoms with Gasteiger partial charge in [-0.3, -0.25) is 9.79 Å². The van der Waals surface area contributed by atoms with Crippen molar-refractivity contribution in [2.45, 2.75) is 53.0 Å². The van der Waals surface area contributed by atoms with Gasteiger partial charge in [-0.15, -0.1) is 0 Å². The molecule has 2 atom stereocenters. The SMILES string of the molecule is COc1cc(C(C=NC2CC(C(C)(C)C)CCN(CC(F)F)C2=O)=NN)ccc1-n1cnc(C)c1. The van der Waals surface area contributed by atoms with Gasteiger partial charge >= 0.3 is 0 Å². The van der Waals surface area contributed by atoms with E-state index in [1.54, 1.807) is 19.5 Å². The predicted molar refractivity (Wildman–Crippen MR) is 133 cm³/mol. The number of nitrogens with two attached hydrogens (primary N) is 1. The average molecular weight is 489 g/mol. The molecule has 0 saturated carbocycles.